The number of carbonyl (C=O) groups is 1. The van der Waals surface area contributed by atoms with E-state index in [2.05, 4.69) is 4.98 Å². The first-order valence-corrected chi connectivity index (χ1v) is 4.90. The molecule has 2 atom stereocenters. The molecule has 100 valence electrons. The van der Waals surface area contributed by atoms with Gasteiger partial charge in [-0.25, -0.2) is 0 Å². The number of aliphatic hydroxyl groups is 2. The van der Waals surface area contributed by atoms with Gasteiger partial charge in [-0.05, 0) is 12.1 Å². The number of hydrogen-bond donors (Lipinski definition) is 3. The molecule has 0 aliphatic carbocycles. The van der Waals surface area contributed by atoms with Crippen molar-refractivity contribution < 1.29 is 28.2 Å². The minimum absolute atomic E-state index is 0.658. The third-order valence-corrected chi connectivity index (χ3v) is 2.20. The molecule has 0 radical (unpaired) electrons. The molecule has 0 aliphatic rings. The molecule has 0 aliphatic heterocycles. The number of primary amides is 1. The second-order valence-corrected chi connectivity index (χ2v) is 3.62. The lowest BCUT2D eigenvalue weighted by Gasteiger charge is -2.19. The Morgan fingerprint density at radius 2 is 2.06 bits per heavy atom. The Hall–Kier alpha value is -1.67. The van der Waals surface area contributed by atoms with Crippen LogP contribution in [0, 0.1) is 0 Å². The van der Waals surface area contributed by atoms with E-state index in [1.807, 2.05) is 0 Å². The highest BCUT2D eigenvalue weighted by molar-refractivity contribution is 5.74. The molecule has 1 heterocycles. The summed E-state index contributed by atoms with van der Waals surface area (Å²) in [4.78, 5) is 13.9. The van der Waals surface area contributed by atoms with Gasteiger partial charge in [0.1, 0.15) is 6.10 Å². The second-order valence-electron chi connectivity index (χ2n) is 3.62. The molecule has 1 aromatic rings. The molecule has 1 rings (SSSR count). The molecular formula is C10H11F3N2O3. The Morgan fingerprint density at radius 3 is 2.56 bits per heavy atom. The zero-order valence-corrected chi connectivity index (χ0v) is 9.05. The number of halogens is 3. The summed E-state index contributed by atoms with van der Waals surface area (Å²) in [5, 5.41) is 18.9. The molecule has 0 saturated carbocycles. The minimum atomic E-state index is -4.71. The topological polar surface area (TPSA) is 96.4 Å². The van der Waals surface area contributed by atoms with Gasteiger partial charge in [-0.3, -0.25) is 9.78 Å². The van der Waals surface area contributed by atoms with E-state index < -0.39 is 42.0 Å². The summed E-state index contributed by atoms with van der Waals surface area (Å²) < 4.78 is 37.8. The molecule has 0 fully saturated rings. The maximum absolute atomic E-state index is 12.6. The number of rotatable bonds is 4. The molecule has 0 bridgehead atoms. The quantitative estimate of drug-likeness (QED) is 0.732. The highest BCUT2D eigenvalue weighted by atomic mass is 19.4. The molecule has 0 aromatic carbocycles. The van der Waals surface area contributed by atoms with Crippen LogP contribution in [-0.4, -0.2) is 27.2 Å². The number of carbonyl (C=O) groups excluding carboxylic acids is 1. The smallest absolute Gasteiger partial charge is 0.389 e. The number of aliphatic hydroxyl groups excluding tert-OH is 2. The molecule has 0 saturated heterocycles. The average molecular weight is 264 g/mol. The first-order valence-electron chi connectivity index (χ1n) is 4.90. The highest BCUT2D eigenvalue weighted by Gasteiger charge is 2.37. The number of nitrogens with two attached hydrogens (primary N) is 1. The lowest BCUT2D eigenvalue weighted by molar-refractivity contribution is -0.140. The molecule has 4 N–H and O–H groups in total. The summed E-state index contributed by atoms with van der Waals surface area (Å²) in [6.07, 6.45) is -7.99. The van der Waals surface area contributed by atoms with Crippen LogP contribution in [-0.2, 0) is 11.0 Å². The van der Waals surface area contributed by atoms with Crippen molar-refractivity contribution in [1.29, 1.82) is 0 Å². The Morgan fingerprint density at radius 1 is 1.44 bits per heavy atom. The van der Waals surface area contributed by atoms with Crippen molar-refractivity contribution >= 4 is 5.91 Å². The van der Waals surface area contributed by atoms with Gasteiger partial charge in [0.05, 0.1) is 23.8 Å². The van der Waals surface area contributed by atoms with Crippen molar-refractivity contribution in [3.63, 3.8) is 0 Å². The molecule has 8 heteroatoms. The van der Waals surface area contributed by atoms with E-state index >= 15 is 0 Å². The molecular weight excluding hydrogens is 253 g/mol. The summed E-state index contributed by atoms with van der Waals surface area (Å²) in [5.74, 6) is -0.939. The van der Waals surface area contributed by atoms with Gasteiger partial charge in [0, 0.05) is 6.20 Å². The van der Waals surface area contributed by atoms with Crippen LogP contribution in [0.1, 0.15) is 23.8 Å². The lowest BCUT2D eigenvalue weighted by atomic mass is 10.0. The van der Waals surface area contributed by atoms with E-state index in [0.717, 1.165) is 18.3 Å². The number of alkyl halides is 3. The van der Waals surface area contributed by atoms with Crippen LogP contribution in [0.4, 0.5) is 13.2 Å². The van der Waals surface area contributed by atoms with Crippen LogP contribution in [0.3, 0.4) is 0 Å². The summed E-state index contributed by atoms with van der Waals surface area (Å²) in [6.45, 7) is 0. The number of aromatic nitrogens is 1. The van der Waals surface area contributed by atoms with Gasteiger partial charge < -0.3 is 15.9 Å². The van der Waals surface area contributed by atoms with Crippen LogP contribution < -0.4 is 5.73 Å². The van der Waals surface area contributed by atoms with E-state index in [1.165, 1.54) is 0 Å². The monoisotopic (exact) mass is 264 g/mol. The van der Waals surface area contributed by atoms with Gasteiger partial charge in [-0.1, -0.05) is 0 Å². The number of pyridine rings is 1. The van der Waals surface area contributed by atoms with Crippen LogP contribution in [0.25, 0.3) is 0 Å². The second kappa shape index (κ2) is 5.32. The van der Waals surface area contributed by atoms with E-state index in [0.29, 0.717) is 0 Å². The maximum atomic E-state index is 12.6. The number of amides is 1. The van der Waals surface area contributed by atoms with Crippen molar-refractivity contribution in [2.24, 2.45) is 5.73 Å². The average Bonchev–Trinajstić information content (AvgIpc) is 2.26. The molecule has 1 aromatic heterocycles. The minimum Gasteiger partial charge on any atom is -0.389 e. The van der Waals surface area contributed by atoms with Crippen LogP contribution >= 0.6 is 0 Å². The highest BCUT2D eigenvalue weighted by Crippen LogP contribution is 2.34. The third kappa shape index (κ3) is 3.41. The van der Waals surface area contributed by atoms with Crippen molar-refractivity contribution in [2.45, 2.75) is 24.8 Å². The van der Waals surface area contributed by atoms with Crippen molar-refractivity contribution in [1.82, 2.24) is 4.98 Å². The Kier molecular flexibility index (Phi) is 4.25. The first kappa shape index (κ1) is 14.4. The van der Waals surface area contributed by atoms with Crippen molar-refractivity contribution in [2.75, 3.05) is 0 Å². The van der Waals surface area contributed by atoms with Gasteiger partial charge in [0.2, 0.25) is 5.91 Å². The predicted octanol–water partition coefficient (Wildman–Crippen LogP) is 0.370. The number of nitrogens with zero attached hydrogens (tertiary/aromatic N) is 1. The summed E-state index contributed by atoms with van der Waals surface area (Å²) in [5.41, 5.74) is 2.88. The normalized spacial score (nSPS) is 15.2. The molecule has 0 spiro atoms. The molecule has 1 amide bonds. The van der Waals surface area contributed by atoms with Gasteiger partial charge in [0.25, 0.3) is 0 Å². The summed E-state index contributed by atoms with van der Waals surface area (Å²) >= 11 is 0. The fraction of sp³-hybridized carbons (Fsp3) is 0.400. The van der Waals surface area contributed by atoms with E-state index in [1.54, 1.807) is 0 Å². The lowest BCUT2D eigenvalue weighted by Crippen LogP contribution is -2.28. The zero-order chi connectivity index (χ0) is 13.9. The van der Waals surface area contributed by atoms with Crippen LogP contribution in [0.15, 0.2) is 18.3 Å². The van der Waals surface area contributed by atoms with E-state index in [-0.39, 0.29) is 0 Å². The SMILES string of the molecule is NC(=O)CC(O)C(O)c1ncccc1C(F)(F)F. The van der Waals surface area contributed by atoms with Crippen LogP contribution in [0.5, 0.6) is 0 Å². The summed E-state index contributed by atoms with van der Waals surface area (Å²) in [7, 11) is 0. The maximum Gasteiger partial charge on any atom is 0.418 e. The largest absolute Gasteiger partial charge is 0.418 e. The van der Waals surface area contributed by atoms with E-state index in [4.69, 9.17) is 5.73 Å². The Bertz CT molecular complexity index is 437. The van der Waals surface area contributed by atoms with Crippen molar-refractivity contribution in [3.05, 3.63) is 29.6 Å². The fourth-order valence-electron chi connectivity index (χ4n) is 1.39. The number of hydrogen-bond acceptors (Lipinski definition) is 4. The van der Waals surface area contributed by atoms with Gasteiger partial charge in [-0.2, -0.15) is 13.2 Å². The fourth-order valence-corrected chi connectivity index (χ4v) is 1.39. The summed E-state index contributed by atoms with van der Waals surface area (Å²) in [6, 6.07) is 1.78. The third-order valence-electron chi connectivity index (χ3n) is 2.20. The first-order chi connectivity index (χ1) is 8.23. The van der Waals surface area contributed by atoms with Gasteiger partial charge in [-0.15, -0.1) is 0 Å². The Balaban J connectivity index is 3.06. The molecule has 5 nitrogen and oxygen atoms in total. The zero-order valence-electron chi connectivity index (χ0n) is 9.05. The van der Waals surface area contributed by atoms with Crippen molar-refractivity contribution in [3.8, 4) is 0 Å². The van der Waals surface area contributed by atoms with E-state index in [9.17, 15) is 28.2 Å². The van der Waals surface area contributed by atoms with Gasteiger partial charge in [0.15, 0.2) is 0 Å². The van der Waals surface area contributed by atoms with Gasteiger partial charge >= 0.3 is 6.18 Å². The van der Waals surface area contributed by atoms with Crippen LogP contribution in [0.2, 0.25) is 0 Å². The standard InChI is InChI=1S/C10H11F3N2O3/c11-10(12,13)5-2-1-3-15-8(5)9(18)6(16)4-7(14)17/h1-3,6,9,16,18H,4H2,(H2,14,17). The Labute approximate surface area is 100 Å². The predicted molar refractivity (Wildman–Crippen MR) is 54.0 cm³/mol. The molecule has 2 unspecified atom stereocenters. The molecule has 18 heavy (non-hydrogen) atoms.